The standard InChI is InChI=1S/C19H21NO6/c1-11-16(19(22)24-3)7-15(26-11)9-20-18(21)13-6-12-4-5-14(23-2)8-17(12)25-10-13/h4-5,7-8,13H,6,9-10H2,1-3H3,(H,20,21)/t13-/m0/s1. The molecule has 0 radical (unpaired) electrons. The zero-order chi connectivity index (χ0) is 18.7. The van der Waals surface area contributed by atoms with Crippen molar-refractivity contribution in [3.63, 3.8) is 0 Å². The van der Waals surface area contributed by atoms with Crippen molar-refractivity contribution in [1.29, 1.82) is 0 Å². The molecule has 1 amide bonds. The molecule has 1 atom stereocenters. The highest BCUT2D eigenvalue weighted by molar-refractivity contribution is 5.90. The number of benzene rings is 1. The van der Waals surface area contributed by atoms with E-state index in [2.05, 4.69) is 10.1 Å². The van der Waals surface area contributed by atoms with E-state index in [0.717, 1.165) is 17.1 Å². The van der Waals surface area contributed by atoms with Gasteiger partial charge in [-0.25, -0.2) is 4.79 Å². The average Bonchev–Trinajstić information content (AvgIpc) is 3.05. The van der Waals surface area contributed by atoms with Crippen LogP contribution in [0.25, 0.3) is 0 Å². The molecular formula is C19H21NO6. The molecule has 1 aliphatic rings. The van der Waals surface area contributed by atoms with Crippen molar-refractivity contribution in [3.05, 3.63) is 46.9 Å². The topological polar surface area (TPSA) is 87.0 Å². The fraction of sp³-hybridized carbons (Fsp3) is 0.368. The van der Waals surface area contributed by atoms with E-state index in [4.69, 9.17) is 13.9 Å². The van der Waals surface area contributed by atoms with E-state index in [-0.39, 0.29) is 18.4 Å². The Labute approximate surface area is 151 Å². The molecule has 2 aromatic rings. The Kier molecular flexibility index (Phi) is 5.16. The maximum absolute atomic E-state index is 12.4. The second kappa shape index (κ2) is 7.51. The number of hydrogen-bond acceptors (Lipinski definition) is 6. The maximum Gasteiger partial charge on any atom is 0.341 e. The molecule has 1 aliphatic heterocycles. The van der Waals surface area contributed by atoms with Crippen molar-refractivity contribution in [1.82, 2.24) is 5.32 Å². The van der Waals surface area contributed by atoms with Gasteiger partial charge in [0.15, 0.2) is 0 Å². The monoisotopic (exact) mass is 359 g/mol. The number of carbonyl (C=O) groups excluding carboxylic acids is 2. The summed E-state index contributed by atoms with van der Waals surface area (Å²) in [6.45, 7) is 2.18. The molecule has 7 heteroatoms. The number of carbonyl (C=O) groups is 2. The van der Waals surface area contributed by atoms with Gasteiger partial charge in [-0.2, -0.15) is 0 Å². The Morgan fingerprint density at radius 2 is 2.08 bits per heavy atom. The van der Waals surface area contributed by atoms with E-state index >= 15 is 0 Å². The molecular weight excluding hydrogens is 338 g/mol. The number of esters is 1. The number of ether oxygens (including phenoxy) is 3. The number of fused-ring (bicyclic) bond motifs is 1. The predicted molar refractivity (Wildman–Crippen MR) is 92.3 cm³/mol. The Balaban J connectivity index is 1.60. The quantitative estimate of drug-likeness (QED) is 0.824. The van der Waals surface area contributed by atoms with Crippen LogP contribution < -0.4 is 14.8 Å². The lowest BCUT2D eigenvalue weighted by molar-refractivity contribution is -0.126. The molecule has 0 bridgehead atoms. The van der Waals surface area contributed by atoms with E-state index in [1.165, 1.54) is 7.11 Å². The van der Waals surface area contributed by atoms with Crippen LogP contribution in [-0.2, 0) is 22.5 Å². The molecule has 26 heavy (non-hydrogen) atoms. The third-order valence-electron chi connectivity index (χ3n) is 4.36. The zero-order valence-corrected chi connectivity index (χ0v) is 15.0. The molecule has 0 fully saturated rings. The molecule has 3 rings (SSSR count). The summed E-state index contributed by atoms with van der Waals surface area (Å²) < 4.78 is 21.1. The third kappa shape index (κ3) is 3.66. The highest BCUT2D eigenvalue weighted by atomic mass is 16.5. The van der Waals surface area contributed by atoms with Crippen LogP contribution in [0.4, 0.5) is 0 Å². The molecule has 1 aromatic carbocycles. The second-order valence-electron chi connectivity index (χ2n) is 6.08. The van der Waals surface area contributed by atoms with Gasteiger partial charge in [-0.1, -0.05) is 6.07 Å². The van der Waals surface area contributed by atoms with Gasteiger partial charge in [0.1, 0.15) is 35.2 Å². The van der Waals surface area contributed by atoms with Gasteiger partial charge in [0.05, 0.1) is 26.7 Å². The van der Waals surface area contributed by atoms with Crippen molar-refractivity contribution < 1.29 is 28.2 Å². The summed E-state index contributed by atoms with van der Waals surface area (Å²) in [6.07, 6.45) is 0.593. The van der Waals surface area contributed by atoms with Crippen LogP contribution in [0.1, 0.15) is 27.4 Å². The molecule has 2 heterocycles. The molecule has 1 N–H and O–H groups in total. The Hall–Kier alpha value is -2.96. The number of aryl methyl sites for hydroxylation is 1. The van der Waals surface area contributed by atoms with E-state index in [1.807, 2.05) is 18.2 Å². The first-order valence-corrected chi connectivity index (χ1v) is 8.27. The van der Waals surface area contributed by atoms with Crippen LogP contribution in [0.3, 0.4) is 0 Å². The largest absolute Gasteiger partial charge is 0.497 e. The fourth-order valence-electron chi connectivity index (χ4n) is 2.91. The molecule has 7 nitrogen and oxygen atoms in total. The number of hydrogen-bond donors (Lipinski definition) is 1. The number of nitrogens with one attached hydrogen (secondary N) is 1. The molecule has 0 saturated carbocycles. The SMILES string of the molecule is COC(=O)c1cc(CNC(=O)[C@@H]2COc3cc(OC)ccc3C2)oc1C. The summed E-state index contributed by atoms with van der Waals surface area (Å²) in [6, 6.07) is 7.17. The summed E-state index contributed by atoms with van der Waals surface area (Å²) in [5, 5.41) is 2.83. The van der Waals surface area contributed by atoms with E-state index in [1.54, 1.807) is 20.1 Å². The van der Waals surface area contributed by atoms with Crippen molar-refractivity contribution >= 4 is 11.9 Å². The van der Waals surface area contributed by atoms with Gasteiger partial charge in [-0.15, -0.1) is 0 Å². The first-order valence-electron chi connectivity index (χ1n) is 8.27. The molecule has 0 saturated heterocycles. The van der Waals surface area contributed by atoms with Crippen LogP contribution in [0, 0.1) is 12.8 Å². The Bertz CT molecular complexity index is 825. The van der Waals surface area contributed by atoms with Crippen LogP contribution in [0.15, 0.2) is 28.7 Å². The van der Waals surface area contributed by atoms with Gasteiger partial charge < -0.3 is 23.9 Å². The van der Waals surface area contributed by atoms with Gasteiger partial charge in [-0.05, 0) is 31.0 Å². The summed E-state index contributed by atoms with van der Waals surface area (Å²) in [7, 11) is 2.91. The molecule has 138 valence electrons. The maximum atomic E-state index is 12.4. The van der Waals surface area contributed by atoms with Crippen molar-refractivity contribution in [2.24, 2.45) is 5.92 Å². The first kappa shape index (κ1) is 17.8. The van der Waals surface area contributed by atoms with Crippen molar-refractivity contribution in [3.8, 4) is 11.5 Å². The third-order valence-corrected chi connectivity index (χ3v) is 4.36. The highest BCUT2D eigenvalue weighted by Crippen LogP contribution is 2.31. The van der Waals surface area contributed by atoms with E-state index in [0.29, 0.717) is 30.1 Å². The summed E-state index contributed by atoms with van der Waals surface area (Å²) >= 11 is 0. The average molecular weight is 359 g/mol. The minimum atomic E-state index is -0.462. The highest BCUT2D eigenvalue weighted by Gasteiger charge is 2.26. The molecule has 0 unspecified atom stereocenters. The van der Waals surface area contributed by atoms with Gasteiger partial charge in [0.25, 0.3) is 0 Å². The van der Waals surface area contributed by atoms with Crippen molar-refractivity contribution in [2.75, 3.05) is 20.8 Å². The number of furan rings is 1. The van der Waals surface area contributed by atoms with Gasteiger partial charge in [0, 0.05) is 6.07 Å². The van der Waals surface area contributed by atoms with Crippen LogP contribution in [0.2, 0.25) is 0 Å². The van der Waals surface area contributed by atoms with Crippen LogP contribution >= 0.6 is 0 Å². The number of amides is 1. The van der Waals surface area contributed by atoms with Crippen LogP contribution in [-0.4, -0.2) is 32.7 Å². The Morgan fingerprint density at radius 1 is 1.27 bits per heavy atom. The summed E-state index contributed by atoms with van der Waals surface area (Å²) in [5.74, 6) is 1.56. The van der Waals surface area contributed by atoms with E-state index < -0.39 is 5.97 Å². The van der Waals surface area contributed by atoms with Gasteiger partial charge in [-0.3, -0.25) is 4.79 Å². The number of methoxy groups -OCH3 is 2. The van der Waals surface area contributed by atoms with Gasteiger partial charge in [0.2, 0.25) is 5.91 Å². The van der Waals surface area contributed by atoms with Crippen molar-refractivity contribution in [2.45, 2.75) is 19.9 Å². The Morgan fingerprint density at radius 3 is 2.81 bits per heavy atom. The summed E-state index contributed by atoms with van der Waals surface area (Å²) in [4.78, 5) is 24.0. The minimum Gasteiger partial charge on any atom is -0.497 e. The second-order valence-corrected chi connectivity index (χ2v) is 6.08. The normalized spacial score (nSPS) is 15.6. The zero-order valence-electron chi connectivity index (χ0n) is 15.0. The first-order chi connectivity index (χ1) is 12.5. The lowest BCUT2D eigenvalue weighted by Gasteiger charge is -2.24. The smallest absolute Gasteiger partial charge is 0.341 e. The fourth-order valence-corrected chi connectivity index (χ4v) is 2.91. The summed E-state index contributed by atoms with van der Waals surface area (Å²) in [5.41, 5.74) is 1.33. The minimum absolute atomic E-state index is 0.125. The lowest BCUT2D eigenvalue weighted by Crippen LogP contribution is -2.37. The lowest BCUT2D eigenvalue weighted by atomic mass is 9.96. The van der Waals surface area contributed by atoms with Gasteiger partial charge >= 0.3 is 5.97 Å². The predicted octanol–water partition coefficient (Wildman–Crippen LogP) is 2.25. The molecule has 0 aliphatic carbocycles. The molecule has 0 spiro atoms. The van der Waals surface area contributed by atoms with E-state index in [9.17, 15) is 9.59 Å². The van der Waals surface area contributed by atoms with Crippen LogP contribution in [0.5, 0.6) is 11.5 Å². The molecule has 1 aromatic heterocycles. The number of rotatable bonds is 5.